The normalized spacial score (nSPS) is 18.0. The van der Waals surface area contributed by atoms with Crippen molar-refractivity contribution in [3.8, 4) is 0 Å². The number of ether oxygens (including phenoxy) is 1. The van der Waals surface area contributed by atoms with Crippen LogP contribution in [0.4, 0.5) is 9.18 Å². The molecule has 2 rings (SSSR count). The van der Waals surface area contributed by atoms with Gasteiger partial charge in [0.1, 0.15) is 12.4 Å². The van der Waals surface area contributed by atoms with E-state index >= 15 is 0 Å². The third kappa shape index (κ3) is 3.67. The molecule has 0 spiro atoms. The second-order valence-electron chi connectivity index (χ2n) is 5.09. The van der Waals surface area contributed by atoms with Crippen LogP contribution in [0.15, 0.2) is 35.5 Å². The number of carbonyl (C=O) groups is 2. The lowest BCUT2D eigenvalue weighted by Gasteiger charge is -2.33. The molecule has 7 heteroatoms. The Morgan fingerprint density at radius 2 is 2.13 bits per heavy atom. The van der Waals surface area contributed by atoms with Crippen molar-refractivity contribution in [2.75, 3.05) is 25.7 Å². The van der Waals surface area contributed by atoms with E-state index in [-0.39, 0.29) is 17.7 Å². The number of hydrogen-bond acceptors (Lipinski definition) is 4. The number of esters is 1. The standard InChI is InChI=1S/C16H19FN2O3S/c1-10-13(15(20)22-8-9-23-3)14(18-16(21)19(10)2)11-6-4-5-7-12(11)17/h4-7,14H,8-9H2,1-3H3,(H,18,21). The molecule has 1 aliphatic heterocycles. The van der Waals surface area contributed by atoms with Crippen LogP contribution in [0, 0.1) is 5.82 Å². The van der Waals surface area contributed by atoms with Crippen LogP contribution < -0.4 is 5.32 Å². The number of nitrogens with one attached hydrogen (secondary N) is 1. The van der Waals surface area contributed by atoms with Crippen LogP contribution in [-0.2, 0) is 9.53 Å². The van der Waals surface area contributed by atoms with Crippen LogP contribution in [-0.4, -0.2) is 42.6 Å². The molecule has 1 atom stereocenters. The number of allylic oxidation sites excluding steroid dienone is 1. The predicted molar refractivity (Wildman–Crippen MR) is 87.5 cm³/mol. The van der Waals surface area contributed by atoms with Crippen molar-refractivity contribution in [1.82, 2.24) is 10.2 Å². The maximum atomic E-state index is 14.1. The number of hydrogen-bond donors (Lipinski definition) is 1. The Bertz CT molecular complexity index is 648. The van der Waals surface area contributed by atoms with E-state index in [0.29, 0.717) is 11.4 Å². The van der Waals surface area contributed by atoms with Crippen molar-refractivity contribution < 1.29 is 18.7 Å². The summed E-state index contributed by atoms with van der Waals surface area (Å²) in [6, 6.07) is 4.82. The summed E-state index contributed by atoms with van der Waals surface area (Å²) < 4.78 is 19.4. The number of nitrogens with zero attached hydrogens (tertiary/aromatic N) is 1. The second kappa shape index (κ2) is 7.50. The van der Waals surface area contributed by atoms with E-state index in [1.807, 2.05) is 6.26 Å². The summed E-state index contributed by atoms with van der Waals surface area (Å²) in [4.78, 5) is 25.8. The van der Waals surface area contributed by atoms with Gasteiger partial charge in [0.05, 0.1) is 11.6 Å². The minimum Gasteiger partial charge on any atom is -0.461 e. The molecule has 0 saturated carbocycles. The number of carbonyl (C=O) groups excluding carboxylic acids is 2. The molecule has 0 fully saturated rings. The Balaban J connectivity index is 2.40. The van der Waals surface area contributed by atoms with Gasteiger partial charge in [0.2, 0.25) is 0 Å². The lowest BCUT2D eigenvalue weighted by Crippen LogP contribution is -2.46. The van der Waals surface area contributed by atoms with E-state index in [2.05, 4.69) is 5.32 Å². The molecule has 0 bridgehead atoms. The molecule has 5 nitrogen and oxygen atoms in total. The highest BCUT2D eigenvalue weighted by molar-refractivity contribution is 7.98. The van der Waals surface area contributed by atoms with Crippen molar-refractivity contribution in [3.05, 3.63) is 46.9 Å². The fourth-order valence-corrected chi connectivity index (χ4v) is 2.59. The Morgan fingerprint density at radius 3 is 2.78 bits per heavy atom. The fraction of sp³-hybridized carbons (Fsp3) is 0.375. The van der Waals surface area contributed by atoms with Crippen molar-refractivity contribution in [2.24, 2.45) is 0 Å². The first-order chi connectivity index (χ1) is 11.0. The third-order valence-corrected chi connectivity index (χ3v) is 4.29. The lowest BCUT2D eigenvalue weighted by molar-refractivity contribution is -0.139. The number of thioether (sulfide) groups is 1. The molecule has 0 radical (unpaired) electrons. The third-order valence-electron chi connectivity index (χ3n) is 3.71. The maximum absolute atomic E-state index is 14.1. The molecule has 23 heavy (non-hydrogen) atoms. The number of benzene rings is 1. The van der Waals surface area contributed by atoms with Crippen LogP contribution in [0.5, 0.6) is 0 Å². The quantitative estimate of drug-likeness (QED) is 0.662. The molecular weight excluding hydrogens is 319 g/mol. The van der Waals surface area contributed by atoms with E-state index in [0.717, 1.165) is 0 Å². The first kappa shape index (κ1) is 17.3. The fourth-order valence-electron chi connectivity index (χ4n) is 2.34. The van der Waals surface area contributed by atoms with Crippen molar-refractivity contribution in [2.45, 2.75) is 13.0 Å². The minimum atomic E-state index is -0.860. The molecule has 0 saturated heterocycles. The summed E-state index contributed by atoms with van der Waals surface area (Å²) >= 11 is 1.56. The van der Waals surface area contributed by atoms with Gasteiger partial charge in [-0.2, -0.15) is 11.8 Å². The van der Waals surface area contributed by atoms with Gasteiger partial charge >= 0.3 is 12.0 Å². The molecule has 1 N–H and O–H groups in total. The van der Waals surface area contributed by atoms with Gasteiger partial charge in [-0.25, -0.2) is 14.0 Å². The topological polar surface area (TPSA) is 58.6 Å². The van der Waals surface area contributed by atoms with Crippen LogP contribution >= 0.6 is 11.8 Å². The van der Waals surface area contributed by atoms with Gasteiger partial charge < -0.3 is 15.0 Å². The summed E-state index contributed by atoms with van der Waals surface area (Å²) in [5.41, 5.74) is 0.944. The molecule has 1 unspecified atom stereocenters. The van der Waals surface area contributed by atoms with Crippen molar-refractivity contribution in [3.63, 3.8) is 0 Å². The lowest BCUT2D eigenvalue weighted by atomic mass is 9.94. The zero-order valence-electron chi connectivity index (χ0n) is 13.3. The zero-order valence-corrected chi connectivity index (χ0v) is 14.1. The molecule has 1 aliphatic rings. The van der Waals surface area contributed by atoms with Gasteiger partial charge in [-0.05, 0) is 19.2 Å². The van der Waals surface area contributed by atoms with E-state index in [4.69, 9.17) is 4.74 Å². The van der Waals surface area contributed by atoms with E-state index in [1.165, 1.54) is 11.0 Å². The maximum Gasteiger partial charge on any atom is 0.338 e. The Morgan fingerprint density at radius 1 is 1.43 bits per heavy atom. The number of amides is 2. The van der Waals surface area contributed by atoms with Gasteiger partial charge in [-0.15, -0.1) is 0 Å². The average molecular weight is 338 g/mol. The highest BCUT2D eigenvalue weighted by Gasteiger charge is 2.36. The first-order valence-electron chi connectivity index (χ1n) is 7.12. The largest absolute Gasteiger partial charge is 0.461 e. The SMILES string of the molecule is CSCCOC(=O)C1=C(C)N(C)C(=O)NC1c1ccccc1F. The molecule has 2 amide bonds. The molecule has 1 aromatic rings. The summed E-state index contributed by atoms with van der Waals surface area (Å²) in [6.07, 6.45) is 1.91. The first-order valence-corrected chi connectivity index (χ1v) is 8.52. The van der Waals surface area contributed by atoms with Crippen LogP contribution in [0.1, 0.15) is 18.5 Å². The molecule has 1 heterocycles. The monoisotopic (exact) mass is 338 g/mol. The molecule has 0 aromatic heterocycles. The number of rotatable bonds is 5. The highest BCUT2D eigenvalue weighted by Crippen LogP contribution is 2.31. The number of halogens is 1. The Hall–Kier alpha value is -2.02. The van der Waals surface area contributed by atoms with Gasteiger partial charge in [-0.1, -0.05) is 18.2 Å². The minimum absolute atomic E-state index is 0.241. The van der Waals surface area contributed by atoms with Crippen LogP contribution in [0.3, 0.4) is 0 Å². The summed E-state index contributed by atoms with van der Waals surface area (Å²) in [7, 11) is 1.55. The summed E-state index contributed by atoms with van der Waals surface area (Å²) in [6.45, 7) is 1.91. The van der Waals surface area contributed by atoms with E-state index in [1.54, 1.807) is 43.9 Å². The van der Waals surface area contributed by atoms with Gasteiger partial charge in [0.25, 0.3) is 0 Å². The Kier molecular flexibility index (Phi) is 5.65. The zero-order chi connectivity index (χ0) is 17.0. The van der Waals surface area contributed by atoms with Gasteiger partial charge in [0.15, 0.2) is 0 Å². The predicted octanol–water partition coefficient (Wildman–Crippen LogP) is 2.70. The second-order valence-corrected chi connectivity index (χ2v) is 6.08. The Labute approximate surface area is 138 Å². The number of urea groups is 1. The van der Waals surface area contributed by atoms with Gasteiger partial charge in [-0.3, -0.25) is 0 Å². The van der Waals surface area contributed by atoms with Gasteiger partial charge in [0, 0.05) is 24.1 Å². The summed E-state index contributed by atoms with van der Waals surface area (Å²) in [5, 5.41) is 2.66. The van der Waals surface area contributed by atoms with Crippen LogP contribution in [0.2, 0.25) is 0 Å². The van der Waals surface area contributed by atoms with Crippen molar-refractivity contribution in [1.29, 1.82) is 0 Å². The van der Waals surface area contributed by atoms with E-state index in [9.17, 15) is 14.0 Å². The average Bonchev–Trinajstić information content (AvgIpc) is 2.53. The molecular formula is C16H19FN2O3S. The molecule has 0 aliphatic carbocycles. The molecule has 124 valence electrons. The summed E-state index contributed by atoms with van der Waals surface area (Å²) in [5.74, 6) is -0.355. The van der Waals surface area contributed by atoms with Crippen molar-refractivity contribution >= 4 is 23.8 Å². The highest BCUT2D eigenvalue weighted by atomic mass is 32.2. The van der Waals surface area contributed by atoms with Crippen LogP contribution in [0.25, 0.3) is 0 Å². The smallest absolute Gasteiger partial charge is 0.338 e. The molecule has 1 aromatic carbocycles. The van der Waals surface area contributed by atoms with E-state index < -0.39 is 23.9 Å².